The predicted molar refractivity (Wildman–Crippen MR) is 83.2 cm³/mol. The van der Waals surface area contributed by atoms with Gasteiger partial charge in [0.15, 0.2) is 0 Å². The number of aromatic nitrogens is 2. The van der Waals surface area contributed by atoms with Gasteiger partial charge in [-0.05, 0) is 40.1 Å². The van der Waals surface area contributed by atoms with Gasteiger partial charge in [-0.25, -0.2) is 4.98 Å². The molecular weight excluding hydrogens is 248 g/mol. The molecule has 1 aromatic heterocycles. The number of hydrogen-bond acceptors (Lipinski definition) is 3. The van der Waals surface area contributed by atoms with Crippen molar-refractivity contribution in [3.63, 3.8) is 0 Å². The van der Waals surface area contributed by atoms with Gasteiger partial charge in [-0.2, -0.15) is 0 Å². The van der Waals surface area contributed by atoms with Crippen LogP contribution >= 0.6 is 0 Å². The van der Waals surface area contributed by atoms with Gasteiger partial charge in [0.25, 0.3) is 0 Å². The third-order valence-electron chi connectivity index (χ3n) is 3.30. The monoisotopic (exact) mass is 272 g/mol. The number of nitrogens with one attached hydrogen (secondary N) is 1. The Bertz CT molecular complexity index is 531. The molecule has 0 saturated carbocycles. The summed E-state index contributed by atoms with van der Waals surface area (Å²) in [6.07, 6.45) is 1.96. The van der Waals surface area contributed by atoms with E-state index in [-0.39, 0.29) is 0 Å². The second-order valence-corrected chi connectivity index (χ2v) is 5.51. The van der Waals surface area contributed by atoms with Gasteiger partial charge in [-0.15, -0.1) is 0 Å². The lowest BCUT2D eigenvalue weighted by molar-refractivity contribution is 0.348. The van der Waals surface area contributed by atoms with Crippen LogP contribution in [0.5, 0.6) is 0 Å². The largest absolute Gasteiger partial charge is 0.308 e. The molecule has 0 aliphatic carbocycles. The normalized spacial score (nSPS) is 12.8. The molecule has 1 atom stereocenters. The molecule has 2 aromatic rings. The summed E-state index contributed by atoms with van der Waals surface area (Å²) in [5.74, 6) is 1.02. The molecule has 0 fully saturated rings. The van der Waals surface area contributed by atoms with Crippen LogP contribution in [0.3, 0.4) is 0 Å². The fraction of sp³-hybridized carbons (Fsp3) is 0.438. The van der Waals surface area contributed by atoms with E-state index in [1.807, 2.05) is 19.2 Å². The Morgan fingerprint density at radius 3 is 2.60 bits per heavy atom. The van der Waals surface area contributed by atoms with Crippen molar-refractivity contribution in [2.24, 2.45) is 0 Å². The Morgan fingerprint density at radius 2 is 1.95 bits per heavy atom. The molecule has 0 amide bonds. The summed E-state index contributed by atoms with van der Waals surface area (Å²) in [5.41, 5.74) is 2.36. The summed E-state index contributed by atoms with van der Waals surface area (Å²) in [5, 5.41) is 3.55. The number of rotatable bonds is 6. The molecule has 1 N–H and O–H groups in total. The maximum atomic E-state index is 4.44. The molecule has 4 heteroatoms. The van der Waals surface area contributed by atoms with Crippen LogP contribution in [0.4, 0.5) is 0 Å². The minimum Gasteiger partial charge on any atom is -0.308 e. The van der Waals surface area contributed by atoms with Crippen LogP contribution in [-0.4, -0.2) is 41.1 Å². The molecule has 0 radical (unpaired) electrons. The molecule has 0 aliphatic rings. The molecule has 1 heterocycles. The maximum Gasteiger partial charge on any atom is 0.110 e. The molecule has 20 heavy (non-hydrogen) atoms. The van der Waals surface area contributed by atoms with E-state index in [2.05, 4.69) is 65.1 Å². The maximum absolute atomic E-state index is 4.44. The van der Waals surface area contributed by atoms with Crippen molar-refractivity contribution >= 4 is 0 Å². The van der Waals surface area contributed by atoms with E-state index in [0.717, 1.165) is 18.9 Å². The Balaban J connectivity index is 2.10. The first-order valence-corrected chi connectivity index (χ1v) is 7.04. The molecule has 108 valence electrons. The highest BCUT2D eigenvalue weighted by molar-refractivity contribution is 5.35. The Labute approximate surface area is 121 Å². The second-order valence-electron chi connectivity index (χ2n) is 5.51. The van der Waals surface area contributed by atoms with Crippen molar-refractivity contribution < 1.29 is 0 Å². The number of aryl methyl sites for hydroxylation is 1. The van der Waals surface area contributed by atoms with Crippen LogP contribution in [0, 0.1) is 6.92 Å². The zero-order chi connectivity index (χ0) is 14.5. The van der Waals surface area contributed by atoms with Crippen molar-refractivity contribution in [3.05, 3.63) is 48.0 Å². The highest BCUT2D eigenvalue weighted by Crippen LogP contribution is 2.14. The van der Waals surface area contributed by atoms with Crippen molar-refractivity contribution in [2.45, 2.75) is 26.4 Å². The lowest BCUT2D eigenvalue weighted by Crippen LogP contribution is -2.35. The molecule has 0 bridgehead atoms. The fourth-order valence-corrected chi connectivity index (χ4v) is 2.44. The SMILES string of the molecule is Cc1ncc(CNC(C)CN(C)C)n1-c1ccccc1. The van der Waals surface area contributed by atoms with Crippen molar-refractivity contribution in [1.29, 1.82) is 0 Å². The summed E-state index contributed by atoms with van der Waals surface area (Å²) in [4.78, 5) is 6.64. The number of hydrogen-bond donors (Lipinski definition) is 1. The Kier molecular flexibility index (Phi) is 4.93. The van der Waals surface area contributed by atoms with Crippen molar-refractivity contribution in [3.8, 4) is 5.69 Å². The Morgan fingerprint density at radius 1 is 1.25 bits per heavy atom. The van der Waals surface area contributed by atoms with Crippen LogP contribution in [0.2, 0.25) is 0 Å². The summed E-state index contributed by atoms with van der Waals surface area (Å²) in [6, 6.07) is 10.8. The smallest absolute Gasteiger partial charge is 0.110 e. The second kappa shape index (κ2) is 6.68. The predicted octanol–water partition coefficient (Wildman–Crippen LogP) is 2.22. The Hall–Kier alpha value is -1.65. The molecular formula is C16H24N4. The van der Waals surface area contributed by atoms with Crippen LogP contribution in [0.25, 0.3) is 5.69 Å². The third-order valence-corrected chi connectivity index (χ3v) is 3.30. The first-order valence-electron chi connectivity index (χ1n) is 7.04. The zero-order valence-electron chi connectivity index (χ0n) is 12.8. The van der Waals surface area contributed by atoms with Gasteiger partial charge in [0.05, 0.1) is 11.9 Å². The number of imidazole rings is 1. The van der Waals surface area contributed by atoms with Crippen LogP contribution in [0.1, 0.15) is 18.4 Å². The van der Waals surface area contributed by atoms with Crippen molar-refractivity contribution in [2.75, 3.05) is 20.6 Å². The van der Waals surface area contributed by atoms with Crippen LogP contribution in [-0.2, 0) is 6.54 Å². The highest BCUT2D eigenvalue weighted by atomic mass is 15.1. The minimum absolute atomic E-state index is 0.449. The molecule has 1 aromatic carbocycles. The molecule has 1 unspecified atom stereocenters. The number of para-hydroxylation sites is 1. The summed E-state index contributed by atoms with van der Waals surface area (Å²) < 4.78 is 2.20. The van der Waals surface area contributed by atoms with Gasteiger partial charge < -0.3 is 10.2 Å². The van der Waals surface area contributed by atoms with Gasteiger partial charge in [0, 0.05) is 24.8 Å². The van der Waals surface area contributed by atoms with Gasteiger partial charge >= 0.3 is 0 Å². The van der Waals surface area contributed by atoms with Gasteiger partial charge in [-0.3, -0.25) is 4.57 Å². The quantitative estimate of drug-likeness (QED) is 0.875. The fourth-order valence-electron chi connectivity index (χ4n) is 2.44. The number of likely N-dealkylation sites (N-methyl/N-ethyl adjacent to an activating group) is 1. The standard InChI is InChI=1S/C16H24N4/c1-13(12-19(3)4)17-10-16-11-18-14(2)20(16)15-8-6-5-7-9-15/h5-9,11,13,17H,10,12H2,1-4H3. The number of benzene rings is 1. The average molecular weight is 272 g/mol. The molecule has 0 saturated heterocycles. The summed E-state index contributed by atoms with van der Waals surface area (Å²) in [7, 11) is 4.19. The van der Waals surface area contributed by atoms with Gasteiger partial charge in [0.2, 0.25) is 0 Å². The van der Waals surface area contributed by atoms with Gasteiger partial charge in [-0.1, -0.05) is 18.2 Å². The van der Waals surface area contributed by atoms with Gasteiger partial charge in [0.1, 0.15) is 5.82 Å². The first-order chi connectivity index (χ1) is 9.58. The average Bonchev–Trinajstić information content (AvgIpc) is 2.78. The van der Waals surface area contributed by atoms with E-state index >= 15 is 0 Å². The number of nitrogens with zero attached hydrogens (tertiary/aromatic N) is 3. The molecule has 0 spiro atoms. The van der Waals surface area contributed by atoms with E-state index in [0.29, 0.717) is 6.04 Å². The summed E-state index contributed by atoms with van der Waals surface area (Å²) >= 11 is 0. The van der Waals surface area contributed by atoms with E-state index < -0.39 is 0 Å². The zero-order valence-corrected chi connectivity index (χ0v) is 12.8. The molecule has 4 nitrogen and oxygen atoms in total. The third kappa shape index (κ3) is 3.68. The van der Waals surface area contributed by atoms with E-state index in [9.17, 15) is 0 Å². The van der Waals surface area contributed by atoms with Crippen LogP contribution < -0.4 is 5.32 Å². The van der Waals surface area contributed by atoms with E-state index in [4.69, 9.17) is 0 Å². The minimum atomic E-state index is 0.449. The first kappa shape index (κ1) is 14.8. The molecule has 0 aliphatic heterocycles. The molecule has 2 rings (SSSR count). The topological polar surface area (TPSA) is 33.1 Å². The summed E-state index contributed by atoms with van der Waals surface area (Å²) in [6.45, 7) is 6.10. The van der Waals surface area contributed by atoms with Crippen LogP contribution in [0.15, 0.2) is 36.5 Å². The highest BCUT2D eigenvalue weighted by Gasteiger charge is 2.10. The van der Waals surface area contributed by atoms with E-state index in [1.165, 1.54) is 11.4 Å². The lowest BCUT2D eigenvalue weighted by Gasteiger charge is -2.19. The lowest BCUT2D eigenvalue weighted by atomic mass is 10.3. The van der Waals surface area contributed by atoms with E-state index in [1.54, 1.807) is 0 Å². The van der Waals surface area contributed by atoms with Crippen molar-refractivity contribution in [1.82, 2.24) is 19.8 Å².